The molecule has 1 aromatic rings. The predicted octanol–water partition coefficient (Wildman–Crippen LogP) is 2.12. The van der Waals surface area contributed by atoms with E-state index in [-0.39, 0.29) is 36.6 Å². The number of methoxy groups -OCH3 is 1. The molecule has 0 saturated carbocycles. The Morgan fingerprint density at radius 1 is 1.29 bits per heavy atom. The van der Waals surface area contributed by atoms with Gasteiger partial charge in [-0.3, -0.25) is 9.59 Å². The Labute approximate surface area is 141 Å². The minimum Gasteiger partial charge on any atom is -0.381 e. The fourth-order valence-electron chi connectivity index (χ4n) is 3.51. The highest BCUT2D eigenvalue weighted by Crippen LogP contribution is 2.29. The molecule has 5 nitrogen and oxygen atoms in total. The Morgan fingerprint density at radius 3 is 2.62 bits per heavy atom. The van der Waals surface area contributed by atoms with E-state index >= 15 is 0 Å². The monoisotopic (exact) mass is 334 g/mol. The molecule has 0 N–H and O–H groups in total. The summed E-state index contributed by atoms with van der Waals surface area (Å²) in [7, 11) is 1.69. The normalized spacial score (nSPS) is 22.3. The van der Waals surface area contributed by atoms with Crippen LogP contribution in [0, 0.1) is 18.7 Å². The molecule has 2 heterocycles. The lowest BCUT2D eigenvalue weighted by atomic mass is 10.0. The third kappa shape index (κ3) is 3.29. The van der Waals surface area contributed by atoms with E-state index in [4.69, 9.17) is 4.74 Å². The second kappa shape index (κ2) is 6.89. The number of likely N-dealkylation sites (tertiary alicyclic amines) is 1. The summed E-state index contributed by atoms with van der Waals surface area (Å²) in [5.41, 5.74) is 1.07. The number of anilines is 1. The highest BCUT2D eigenvalue weighted by atomic mass is 19.1. The molecule has 0 aliphatic carbocycles. The molecule has 24 heavy (non-hydrogen) atoms. The van der Waals surface area contributed by atoms with Crippen molar-refractivity contribution >= 4 is 17.5 Å². The van der Waals surface area contributed by atoms with E-state index in [0.29, 0.717) is 13.1 Å². The molecule has 0 radical (unpaired) electrons. The van der Waals surface area contributed by atoms with Gasteiger partial charge in [0, 0.05) is 33.2 Å². The van der Waals surface area contributed by atoms with E-state index in [2.05, 4.69) is 0 Å². The smallest absolute Gasteiger partial charge is 0.228 e. The van der Waals surface area contributed by atoms with Gasteiger partial charge in [-0.05, 0) is 37.5 Å². The van der Waals surface area contributed by atoms with Crippen molar-refractivity contribution in [1.29, 1.82) is 0 Å². The predicted molar refractivity (Wildman–Crippen MR) is 88.2 cm³/mol. The number of amides is 2. The van der Waals surface area contributed by atoms with Gasteiger partial charge < -0.3 is 14.5 Å². The fraction of sp³-hybridized carbons (Fsp3) is 0.556. The van der Waals surface area contributed by atoms with Crippen LogP contribution in [0.1, 0.15) is 24.8 Å². The number of rotatable bonds is 3. The van der Waals surface area contributed by atoms with Crippen molar-refractivity contribution in [2.75, 3.05) is 31.6 Å². The molecule has 0 spiro atoms. The van der Waals surface area contributed by atoms with Gasteiger partial charge >= 0.3 is 0 Å². The van der Waals surface area contributed by atoms with Crippen molar-refractivity contribution in [2.24, 2.45) is 5.92 Å². The number of ether oxygens (including phenoxy) is 1. The lowest BCUT2D eigenvalue weighted by Gasteiger charge is -2.32. The zero-order valence-electron chi connectivity index (χ0n) is 14.1. The topological polar surface area (TPSA) is 49.9 Å². The zero-order valence-corrected chi connectivity index (χ0v) is 14.1. The Kier molecular flexibility index (Phi) is 4.85. The molecule has 0 aromatic heterocycles. The third-order valence-corrected chi connectivity index (χ3v) is 4.96. The van der Waals surface area contributed by atoms with Gasteiger partial charge in [-0.25, -0.2) is 4.39 Å². The van der Waals surface area contributed by atoms with Crippen molar-refractivity contribution in [3.63, 3.8) is 0 Å². The average Bonchev–Trinajstić information content (AvgIpc) is 2.96. The first-order valence-electron chi connectivity index (χ1n) is 8.37. The molecular formula is C18H23FN2O3. The largest absolute Gasteiger partial charge is 0.381 e. The number of aryl methyl sites for hydroxylation is 1. The molecule has 2 fully saturated rings. The molecule has 2 aliphatic rings. The molecule has 130 valence electrons. The van der Waals surface area contributed by atoms with E-state index in [0.717, 1.165) is 18.4 Å². The summed E-state index contributed by atoms with van der Waals surface area (Å²) < 4.78 is 19.5. The maximum atomic E-state index is 14.1. The van der Waals surface area contributed by atoms with Crippen molar-refractivity contribution in [1.82, 2.24) is 4.90 Å². The molecule has 2 aliphatic heterocycles. The molecule has 1 unspecified atom stereocenters. The lowest BCUT2D eigenvalue weighted by Crippen LogP contribution is -2.44. The van der Waals surface area contributed by atoms with E-state index in [9.17, 15) is 14.0 Å². The van der Waals surface area contributed by atoms with Crippen LogP contribution in [0.5, 0.6) is 0 Å². The Balaban J connectivity index is 1.67. The minimum atomic E-state index is -0.419. The maximum Gasteiger partial charge on any atom is 0.228 e. The zero-order chi connectivity index (χ0) is 17.3. The highest BCUT2D eigenvalue weighted by Gasteiger charge is 2.38. The maximum absolute atomic E-state index is 14.1. The number of carbonyl (C=O) groups excluding carboxylic acids is 2. The van der Waals surface area contributed by atoms with Crippen LogP contribution >= 0.6 is 0 Å². The molecule has 1 aromatic carbocycles. The number of halogens is 1. The van der Waals surface area contributed by atoms with Crippen LogP contribution in [0.2, 0.25) is 0 Å². The highest BCUT2D eigenvalue weighted by molar-refractivity contribution is 6.00. The standard InChI is InChI=1S/C18H23FN2O3/c1-12-3-4-16(15(19)9-12)21-11-13(10-17(21)22)18(23)20-7-5-14(24-2)6-8-20/h3-4,9,13-14H,5-8,10-11H2,1-2H3. The SMILES string of the molecule is COC1CCN(C(=O)C2CC(=O)N(c3ccc(C)cc3F)C2)CC1. The minimum absolute atomic E-state index is 0.00655. The van der Waals surface area contributed by atoms with Crippen molar-refractivity contribution in [2.45, 2.75) is 32.3 Å². The van der Waals surface area contributed by atoms with Gasteiger partial charge in [-0.1, -0.05) is 6.07 Å². The first-order valence-corrected chi connectivity index (χ1v) is 8.37. The lowest BCUT2D eigenvalue weighted by molar-refractivity contribution is -0.138. The van der Waals surface area contributed by atoms with Crippen LogP contribution in [0.15, 0.2) is 18.2 Å². The van der Waals surface area contributed by atoms with Gasteiger partial charge in [0.15, 0.2) is 0 Å². The van der Waals surface area contributed by atoms with Crippen LogP contribution < -0.4 is 4.90 Å². The number of hydrogen-bond acceptors (Lipinski definition) is 3. The summed E-state index contributed by atoms with van der Waals surface area (Å²) in [6.45, 7) is 3.36. The first kappa shape index (κ1) is 16.9. The van der Waals surface area contributed by atoms with Crippen LogP contribution in [-0.4, -0.2) is 49.6 Å². The Bertz CT molecular complexity index is 641. The van der Waals surface area contributed by atoms with Crippen LogP contribution in [0.3, 0.4) is 0 Å². The van der Waals surface area contributed by atoms with Gasteiger partial charge in [-0.15, -0.1) is 0 Å². The number of hydrogen-bond donors (Lipinski definition) is 0. The van der Waals surface area contributed by atoms with Gasteiger partial charge in [0.25, 0.3) is 0 Å². The quantitative estimate of drug-likeness (QED) is 0.851. The van der Waals surface area contributed by atoms with Gasteiger partial charge in [-0.2, -0.15) is 0 Å². The third-order valence-electron chi connectivity index (χ3n) is 4.96. The average molecular weight is 334 g/mol. The second-order valence-corrected chi connectivity index (χ2v) is 6.62. The summed E-state index contributed by atoms with van der Waals surface area (Å²) in [5, 5.41) is 0. The molecule has 0 bridgehead atoms. The van der Waals surface area contributed by atoms with Crippen LogP contribution in [0.25, 0.3) is 0 Å². The molecule has 1 atom stereocenters. The number of piperidine rings is 1. The van der Waals surface area contributed by atoms with Crippen molar-refractivity contribution in [3.8, 4) is 0 Å². The molecule has 6 heteroatoms. The van der Waals surface area contributed by atoms with Crippen molar-refractivity contribution < 1.29 is 18.7 Å². The Hall–Kier alpha value is -1.95. The van der Waals surface area contributed by atoms with Crippen LogP contribution in [0.4, 0.5) is 10.1 Å². The number of nitrogens with zero attached hydrogens (tertiary/aromatic N) is 2. The fourth-order valence-corrected chi connectivity index (χ4v) is 3.51. The van der Waals surface area contributed by atoms with Crippen LogP contribution in [-0.2, 0) is 14.3 Å². The van der Waals surface area contributed by atoms with Gasteiger partial charge in [0.05, 0.1) is 17.7 Å². The van der Waals surface area contributed by atoms with E-state index < -0.39 is 11.7 Å². The Morgan fingerprint density at radius 2 is 2.00 bits per heavy atom. The van der Waals surface area contributed by atoms with Crippen molar-refractivity contribution in [3.05, 3.63) is 29.6 Å². The summed E-state index contributed by atoms with van der Waals surface area (Å²) in [6, 6.07) is 4.79. The van der Waals surface area contributed by atoms with Gasteiger partial charge in [0.2, 0.25) is 11.8 Å². The second-order valence-electron chi connectivity index (χ2n) is 6.62. The molecule has 3 rings (SSSR count). The summed E-state index contributed by atoms with van der Waals surface area (Å²) >= 11 is 0. The summed E-state index contributed by atoms with van der Waals surface area (Å²) in [5.74, 6) is -1.01. The molecular weight excluding hydrogens is 311 g/mol. The molecule has 2 saturated heterocycles. The van der Waals surface area contributed by atoms with E-state index in [1.165, 1.54) is 11.0 Å². The van der Waals surface area contributed by atoms with E-state index in [1.807, 2.05) is 4.90 Å². The molecule has 2 amide bonds. The first-order chi connectivity index (χ1) is 11.5. The summed E-state index contributed by atoms with van der Waals surface area (Å²) in [6.07, 6.45) is 1.99. The number of carbonyl (C=O) groups is 2. The van der Waals surface area contributed by atoms with Gasteiger partial charge in [0.1, 0.15) is 5.82 Å². The summed E-state index contributed by atoms with van der Waals surface area (Å²) in [4.78, 5) is 28.2. The number of benzene rings is 1. The van der Waals surface area contributed by atoms with E-state index in [1.54, 1.807) is 26.2 Å².